The number of anilines is 2. The molecule has 1 unspecified atom stereocenters. The van der Waals surface area contributed by atoms with Crippen molar-refractivity contribution in [2.24, 2.45) is 0 Å². The van der Waals surface area contributed by atoms with Crippen molar-refractivity contribution in [3.05, 3.63) is 83.3 Å². The molecule has 0 bridgehead atoms. The van der Waals surface area contributed by atoms with Crippen LogP contribution in [0.4, 0.5) is 28.9 Å². The van der Waals surface area contributed by atoms with Crippen LogP contribution in [-0.4, -0.2) is 28.9 Å². The highest BCUT2D eigenvalue weighted by molar-refractivity contribution is 6.12. The Morgan fingerprint density at radius 2 is 1.90 bits per heavy atom. The van der Waals surface area contributed by atoms with Crippen LogP contribution in [0.5, 0.6) is 0 Å². The number of hydroxylamine groups is 2. The molecule has 1 atom stereocenters. The molecule has 0 saturated heterocycles. The second kappa shape index (κ2) is 6.93. The van der Waals surface area contributed by atoms with Crippen LogP contribution in [0.3, 0.4) is 0 Å². The summed E-state index contributed by atoms with van der Waals surface area (Å²) in [7, 11) is 0. The molecule has 0 fully saturated rings. The van der Waals surface area contributed by atoms with Gasteiger partial charge in [0.05, 0.1) is 17.7 Å². The average Bonchev–Trinajstić information content (AvgIpc) is 2.68. The van der Waals surface area contributed by atoms with Crippen LogP contribution < -0.4 is 10.2 Å². The van der Waals surface area contributed by atoms with Gasteiger partial charge in [-0.3, -0.25) is 20.0 Å². The van der Waals surface area contributed by atoms with E-state index in [1.54, 1.807) is 36.4 Å². The molecule has 2 aliphatic heterocycles. The third-order valence-electron chi connectivity index (χ3n) is 4.73. The van der Waals surface area contributed by atoms with E-state index >= 15 is 0 Å². The number of carbonyl (C=O) groups excluding carboxylic acids is 1. The van der Waals surface area contributed by atoms with Gasteiger partial charge in [0, 0.05) is 17.6 Å². The first kappa shape index (κ1) is 19.0. The number of rotatable bonds is 2. The second-order valence-corrected chi connectivity index (χ2v) is 6.57. The molecule has 2 aromatic rings. The molecule has 2 aliphatic rings. The number of fused-ring (bicyclic) bond motifs is 1. The largest absolute Gasteiger partial charge is 0.419 e. The van der Waals surface area contributed by atoms with Crippen molar-refractivity contribution in [2.75, 3.05) is 16.8 Å². The number of alkyl halides is 3. The van der Waals surface area contributed by atoms with Crippen molar-refractivity contribution in [1.82, 2.24) is 5.06 Å². The molecule has 0 radical (unpaired) electrons. The summed E-state index contributed by atoms with van der Waals surface area (Å²) in [6, 6.07) is 9.08. The van der Waals surface area contributed by atoms with E-state index < -0.39 is 29.6 Å². The zero-order chi connectivity index (χ0) is 20.8. The standard InChI is InChI=1S/C20H15F4N3O2/c21-16-6-5-13(11-15(16)20(22,23)24)27-18(12-7-9-26(29)10-8-12)25-17-4-2-1-3-14(17)19(27)28/h1-9,11,18,25,29H,10H2. The molecular formula is C20H15F4N3O2. The minimum Gasteiger partial charge on any atom is -0.360 e. The molecular weight excluding hydrogens is 390 g/mol. The van der Waals surface area contributed by atoms with Gasteiger partial charge in [-0.05, 0) is 42.0 Å². The number of hydrogen-bond acceptors (Lipinski definition) is 4. The molecule has 1 amide bonds. The highest BCUT2D eigenvalue weighted by Gasteiger charge is 2.38. The molecule has 4 rings (SSSR count). The van der Waals surface area contributed by atoms with Crippen molar-refractivity contribution < 1.29 is 27.6 Å². The first-order valence-electron chi connectivity index (χ1n) is 8.65. The Kier molecular flexibility index (Phi) is 4.54. The molecule has 0 aromatic heterocycles. The normalized spacial score (nSPS) is 19.0. The lowest BCUT2D eigenvalue weighted by Crippen LogP contribution is -2.50. The van der Waals surface area contributed by atoms with Gasteiger partial charge in [0.2, 0.25) is 0 Å². The summed E-state index contributed by atoms with van der Waals surface area (Å²) in [4.78, 5) is 14.3. The quantitative estimate of drug-likeness (QED) is 0.728. The van der Waals surface area contributed by atoms with Gasteiger partial charge in [-0.25, -0.2) is 4.39 Å². The maximum absolute atomic E-state index is 13.8. The summed E-state index contributed by atoms with van der Waals surface area (Å²) in [6.07, 6.45) is -1.18. The fourth-order valence-electron chi connectivity index (χ4n) is 3.34. The smallest absolute Gasteiger partial charge is 0.360 e. The monoisotopic (exact) mass is 405 g/mol. The predicted molar refractivity (Wildman–Crippen MR) is 97.8 cm³/mol. The summed E-state index contributed by atoms with van der Waals surface area (Å²) < 4.78 is 53.4. The molecule has 9 heteroatoms. The first-order chi connectivity index (χ1) is 13.8. The van der Waals surface area contributed by atoms with E-state index in [1.165, 1.54) is 6.20 Å². The van der Waals surface area contributed by atoms with Gasteiger partial charge in [-0.15, -0.1) is 0 Å². The van der Waals surface area contributed by atoms with Gasteiger partial charge < -0.3 is 5.32 Å². The van der Waals surface area contributed by atoms with Gasteiger partial charge >= 0.3 is 6.18 Å². The van der Waals surface area contributed by atoms with Gasteiger partial charge in [-0.2, -0.15) is 13.2 Å². The average molecular weight is 405 g/mol. The molecule has 150 valence electrons. The maximum Gasteiger partial charge on any atom is 0.419 e. The van der Waals surface area contributed by atoms with Crippen LogP contribution in [0.25, 0.3) is 0 Å². The number of nitrogens with one attached hydrogen (secondary N) is 1. The number of nitrogens with zero attached hydrogens (tertiary/aromatic N) is 2. The van der Waals surface area contributed by atoms with Crippen LogP contribution in [0.15, 0.2) is 66.4 Å². The number of amides is 1. The summed E-state index contributed by atoms with van der Waals surface area (Å²) in [6.45, 7) is 0.144. The molecule has 5 nitrogen and oxygen atoms in total. The zero-order valence-corrected chi connectivity index (χ0v) is 14.8. The van der Waals surface area contributed by atoms with E-state index in [4.69, 9.17) is 0 Å². The third-order valence-corrected chi connectivity index (χ3v) is 4.73. The lowest BCUT2D eigenvalue weighted by molar-refractivity contribution is -0.139. The van der Waals surface area contributed by atoms with Crippen molar-refractivity contribution in [1.29, 1.82) is 0 Å². The minimum absolute atomic E-state index is 0.101. The summed E-state index contributed by atoms with van der Waals surface area (Å²) >= 11 is 0. The predicted octanol–water partition coefficient (Wildman–Crippen LogP) is 4.39. The van der Waals surface area contributed by atoms with E-state index in [2.05, 4.69) is 5.32 Å². The minimum atomic E-state index is -4.90. The maximum atomic E-state index is 13.8. The van der Waals surface area contributed by atoms with E-state index in [0.717, 1.165) is 16.0 Å². The Hall–Kier alpha value is -3.33. The van der Waals surface area contributed by atoms with E-state index in [9.17, 15) is 27.6 Å². The van der Waals surface area contributed by atoms with Crippen LogP contribution in [-0.2, 0) is 6.18 Å². The van der Waals surface area contributed by atoms with Crippen LogP contribution in [0.1, 0.15) is 15.9 Å². The van der Waals surface area contributed by atoms with Gasteiger partial charge in [0.15, 0.2) is 0 Å². The Morgan fingerprint density at radius 3 is 2.59 bits per heavy atom. The SMILES string of the molecule is O=C1c2ccccc2NC(C2=CCN(O)C=C2)N1c1ccc(F)c(C(F)(F)F)c1. The molecule has 0 aliphatic carbocycles. The lowest BCUT2D eigenvalue weighted by Gasteiger charge is -2.39. The number of carbonyl (C=O) groups is 1. The number of para-hydroxylation sites is 1. The summed E-state index contributed by atoms with van der Waals surface area (Å²) in [5.41, 5.74) is -0.175. The molecule has 0 spiro atoms. The third kappa shape index (κ3) is 3.44. The summed E-state index contributed by atoms with van der Waals surface area (Å²) in [5.74, 6) is -1.94. The van der Waals surface area contributed by atoms with E-state index in [1.807, 2.05) is 0 Å². The van der Waals surface area contributed by atoms with Crippen LogP contribution in [0.2, 0.25) is 0 Å². The topological polar surface area (TPSA) is 55.8 Å². The van der Waals surface area contributed by atoms with Crippen LogP contribution in [0, 0.1) is 5.82 Å². The van der Waals surface area contributed by atoms with Crippen molar-refractivity contribution in [2.45, 2.75) is 12.3 Å². The first-order valence-corrected chi connectivity index (χ1v) is 8.65. The van der Waals surface area contributed by atoms with Gasteiger partial charge in [-0.1, -0.05) is 18.2 Å². The molecule has 29 heavy (non-hydrogen) atoms. The highest BCUT2D eigenvalue weighted by atomic mass is 19.4. The highest BCUT2D eigenvalue weighted by Crippen LogP contribution is 2.37. The van der Waals surface area contributed by atoms with Gasteiger partial charge in [0.25, 0.3) is 5.91 Å². The zero-order valence-electron chi connectivity index (χ0n) is 14.8. The second-order valence-electron chi connectivity index (χ2n) is 6.57. The molecule has 2 aromatic carbocycles. The Labute approximate surface area is 163 Å². The van der Waals surface area contributed by atoms with Crippen molar-refractivity contribution in [3.63, 3.8) is 0 Å². The lowest BCUT2D eigenvalue weighted by atomic mass is 10.0. The number of benzene rings is 2. The van der Waals surface area contributed by atoms with E-state index in [0.29, 0.717) is 23.4 Å². The van der Waals surface area contributed by atoms with Crippen LogP contribution >= 0.6 is 0 Å². The molecule has 2 N–H and O–H groups in total. The van der Waals surface area contributed by atoms with Crippen molar-refractivity contribution in [3.8, 4) is 0 Å². The molecule has 2 heterocycles. The Balaban J connectivity index is 1.84. The number of hydrogen-bond donors (Lipinski definition) is 2. The fourth-order valence-corrected chi connectivity index (χ4v) is 3.34. The summed E-state index contributed by atoms with van der Waals surface area (Å²) in [5, 5.41) is 13.6. The molecule has 0 saturated carbocycles. The Morgan fingerprint density at radius 1 is 1.14 bits per heavy atom. The number of halogens is 4. The Bertz CT molecular complexity index is 1030. The fraction of sp³-hybridized carbons (Fsp3) is 0.150. The van der Waals surface area contributed by atoms with Crippen molar-refractivity contribution >= 4 is 17.3 Å². The van der Waals surface area contributed by atoms with E-state index in [-0.39, 0.29) is 17.8 Å². The van der Waals surface area contributed by atoms with Gasteiger partial charge in [0.1, 0.15) is 12.0 Å².